The molecule has 0 aliphatic rings. The summed E-state index contributed by atoms with van der Waals surface area (Å²) in [5.41, 5.74) is 12.2. The number of carboxylic acid groups (broad SMARTS) is 1. The molecule has 0 saturated heterocycles. The van der Waals surface area contributed by atoms with Gasteiger partial charge in [-0.25, -0.2) is 18.6 Å². The summed E-state index contributed by atoms with van der Waals surface area (Å²) >= 11 is 0. The van der Waals surface area contributed by atoms with Crippen LogP contribution in [-0.4, -0.2) is 35.5 Å². The Kier molecular flexibility index (Phi) is 4.65. The van der Waals surface area contributed by atoms with E-state index >= 15 is 0 Å². The first-order valence-corrected chi connectivity index (χ1v) is 3.84. The molecule has 0 spiro atoms. The predicted octanol–water partition coefficient (Wildman–Crippen LogP) is -1.14. The number of nitrogens with zero attached hydrogens (tertiary/aromatic N) is 1. The highest BCUT2D eigenvalue weighted by Gasteiger charge is 2.41. The normalized spacial score (nSPS) is 15.2. The van der Waals surface area contributed by atoms with E-state index in [9.17, 15) is 13.6 Å². The van der Waals surface area contributed by atoms with Crippen LogP contribution in [0, 0.1) is 0 Å². The molecule has 15 heavy (non-hydrogen) atoms. The highest BCUT2D eigenvalue weighted by atomic mass is 19.3. The van der Waals surface area contributed by atoms with Crippen molar-refractivity contribution >= 4 is 11.9 Å². The van der Waals surface area contributed by atoms with Crippen LogP contribution < -0.4 is 17.2 Å². The number of carboxylic acids is 1. The second kappa shape index (κ2) is 5.25. The molecular weight excluding hydrogens is 210 g/mol. The van der Waals surface area contributed by atoms with Crippen molar-refractivity contribution in [2.24, 2.45) is 22.2 Å². The van der Waals surface area contributed by atoms with Crippen LogP contribution in [0.15, 0.2) is 17.1 Å². The van der Waals surface area contributed by atoms with Gasteiger partial charge in [-0.05, 0) is 6.08 Å². The number of rotatable bonds is 5. The topological polar surface area (TPSA) is 128 Å². The van der Waals surface area contributed by atoms with Gasteiger partial charge in [0.2, 0.25) is 0 Å². The molecule has 8 heteroatoms. The fourth-order valence-electron chi connectivity index (χ4n) is 0.643. The summed E-state index contributed by atoms with van der Waals surface area (Å²) in [4.78, 5) is 13.9. The zero-order valence-electron chi connectivity index (χ0n) is 7.73. The van der Waals surface area contributed by atoms with Crippen molar-refractivity contribution < 1.29 is 18.7 Å². The fourth-order valence-corrected chi connectivity index (χ4v) is 0.643. The van der Waals surface area contributed by atoms with Crippen LogP contribution >= 0.6 is 0 Å². The number of hydrogen-bond donors (Lipinski definition) is 4. The lowest BCUT2D eigenvalue weighted by molar-refractivity contribution is -0.146. The monoisotopic (exact) mass is 222 g/mol. The minimum Gasteiger partial charge on any atom is -0.479 e. The number of guanidine groups is 1. The molecule has 0 aliphatic heterocycles. The zero-order valence-corrected chi connectivity index (χ0v) is 7.73. The molecular formula is C7H12F2N4O2. The first kappa shape index (κ1) is 13.3. The van der Waals surface area contributed by atoms with Gasteiger partial charge in [-0.15, -0.1) is 0 Å². The molecule has 1 unspecified atom stereocenters. The summed E-state index contributed by atoms with van der Waals surface area (Å²) in [6.45, 7) is -0.110. The third-order valence-electron chi connectivity index (χ3n) is 1.50. The van der Waals surface area contributed by atoms with Crippen molar-refractivity contribution in [2.75, 3.05) is 6.54 Å². The summed E-state index contributed by atoms with van der Waals surface area (Å²) in [6, 6.07) is 0. The van der Waals surface area contributed by atoms with Gasteiger partial charge in [0, 0.05) is 0 Å². The van der Waals surface area contributed by atoms with Gasteiger partial charge >= 0.3 is 5.97 Å². The Bertz CT molecular complexity index is 289. The SMILES string of the molecule is NC(N)=NC/C=C/C(N)(C(=O)O)C(F)F. The second-order valence-electron chi connectivity index (χ2n) is 2.71. The maximum absolute atomic E-state index is 12.3. The average molecular weight is 222 g/mol. The smallest absolute Gasteiger partial charge is 0.333 e. The largest absolute Gasteiger partial charge is 0.479 e. The molecule has 0 aromatic carbocycles. The molecule has 0 fully saturated rings. The third kappa shape index (κ3) is 3.90. The van der Waals surface area contributed by atoms with Crippen LogP contribution in [0.1, 0.15) is 0 Å². The Morgan fingerprint density at radius 1 is 1.53 bits per heavy atom. The maximum atomic E-state index is 12.3. The molecule has 0 bridgehead atoms. The number of hydrogen-bond acceptors (Lipinski definition) is 3. The Morgan fingerprint density at radius 3 is 2.40 bits per heavy atom. The van der Waals surface area contributed by atoms with Gasteiger partial charge in [0.05, 0.1) is 6.54 Å². The molecule has 6 nitrogen and oxygen atoms in total. The standard InChI is InChI=1S/C7H12F2N4O2/c8-4(9)7(12,5(14)15)2-1-3-13-6(10)11/h1-2,4H,3,12H2,(H,14,15)(H4,10,11,13)/b2-1+. The van der Waals surface area contributed by atoms with Crippen molar-refractivity contribution in [3.8, 4) is 0 Å². The minimum atomic E-state index is -3.22. The van der Waals surface area contributed by atoms with Crippen LogP contribution in [0.25, 0.3) is 0 Å². The molecule has 0 radical (unpaired) electrons. The van der Waals surface area contributed by atoms with Crippen molar-refractivity contribution in [1.29, 1.82) is 0 Å². The Labute approximate surface area is 84.4 Å². The van der Waals surface area contributed by atoms with Gasteiger partial charge in [-0.1, -0.05) is 6.08 Å². The van der Waals surface area contributed by atoms with E-state index in [2.05, 4.69) is 4.99 Å². The van der Waals surface area contributed by atoms with E-state index in [1.807, 2.05) is 0 Å². The molecule has 0 heterocycles. The number of carbonyl (C=O) groups is 1. The first-order valence-electron chi connectivity index (χ1n) is 3.84. The number of nitrogens with two attached hydrogens (primary N) is 3. The van der Waals surface area contributed by atoms with Crippen molar-refractivity contribution in [3.05, 3.63) is 12.2 Å². The first-order chi connectivity index (χ1) is 6.80. The number of alkyl halides is 2. The van der Waals surface area contributed by atoms with Crippen LogP contribution in [-0.2, 0) is 4.79 Å². The van der Waals surface area contributed by atoms with E-state index in [4.69, 9.17) is 22.3 Å². The highest BCUT2D eigenvalue weighted by molar-refractivity contribution is 5.81. The van der Waals surface area contributed by atoms with Crippen molar-refractivity contribution in [3.63, 3.8) is 0 Å². The average Bonchev–Trinajstić information content (AvgIpc) is 2.10. The Morgan fingerprint density at radius 2 is 2.07 bits per heavy atom. The molecule has 0 aromatic rings. The second-order valence-corrected chi connectivity index (χ2v) is 2.71. The van der Waals surface area contributed by atoms with Crippen LogP contribution in [0.5, 0.6) is 0 Å². The predicted molar refractivity (Wildman–Crippen MR) is 50.4 cm³/mol. The lowest BCUT2D eigenvalue weighted by Crippen LogP contribution is -2.52. The van der Waals surface area contributed by atoms with Gasteiger partial charge in [0.25, 0.3) is 6.43 Å². The Hall–Kier alpha value is -1.70. The van der Waals surface area contributed by atoms with E-state index < -0.39 is 17.9 Å². The molecule has 0 saturated carbocycles. The number of halogens is 2. The van der Waals surface area contributed by atoms with Crippen LogP contribution in [0.3, 0.4) is 0 Å². The summed E-state index contributed by atoms with van der Waals surface area (Å²) in [6.07, 6.45) is -1.50. The van der Waals surface area contributed by atoms with E-state index in [1.165, 1.54) is 0 Å². The molecule has 0 aromatic heterocycles. The third-order valence-corrected chi connectivity index (χ3v) is 1.50. The molecule has 0 aliphatic carbocycles. The molecule has 0 amide bonds. The Balaban J connectivity index is 4.57. The highest BCUT2D eigenvalue weighted by Crippen LogP contribution is 2.14. The van der Waals surface area contributed by atoms with Gasteiger partial charge in [0.15, 0.2) is 11.5 Å². The number of aliphatic carboxylic acids is 1. The summed E-state index contributed by atoms with van der Waals surface area (Å²) in [5, 5.41) is 8.47. The van der Waals surface area contributed by atoms with Crippen LogP contribution in [0.2, 0.25) is 0 Å². The van der Waals surface area contributed by atoms with E-state index in [-0.39, 0.29) is 12.5 Å². The van der Waals surface area contributed by atoms with Gasteiger partial charge in [0.1, 0.15) is 0 Å². The lowest BCUT2D eigenvalue weighted by Gasteiger charge is -2.18. The van der Waals surface area contributed by atoms with E-state index in [0.29, 0.717) is 6.08 Å². The van der Waals surface area contributed by atoms with E-state index in [0.717, 1.165) is 6.08 Å². The summed E-state index contributed by atoms with van der Waals surface area (Å²) in [7, 11) is 0. The van der Waals surface area contributed by atoms with Crippen LogP contribution in [0.4, 0.5) is 8.78 Å². The molecule has 1 atom stereocenters. The maximum Gasteiger partial charge on any atom is 0.333 e. The van der Waals surface area contributed by atoms with Crippen molar-refractivity contribution in [2.45, 2.75) is 12.0 Å². The molecule has 7 N–H and O–H groups in total. The minimum absolute atomic E-state index is 0.110. The zero-order chi connectivity index (χ0) is 12.1. The quantitative estimate of drug-likeness (QED) is 0.265. The molecule has 0 rings (SSSR count). The van der Waals surface area contributed by atoms with E-state index in [1.54, 1.807) is 0 Å². The van der Waals surface area contributed by atoms with Gasteiger partial charge in [-0.2, -0.15) is 0 Å². The van der Waals surface area contributed by atoms with Gasteiger partial charge < -0.3 is 22.3 Å². The van der Waals surface area contributed by atoms with Gasteiger partial charge in [-0.3, -0.25) is 0 Å². The summed E-state index contributed by atoms with van der Waals surface area (Å²) in [5.74, 6) is -2.05. The summed E-state index contributed by atoms with van der Waals surface area (Å²) < 4.78 is 24.6. The molecule has 86 valence electrons. The van der Waals surface area contributed by atoms with Crippen molar-refractivity contribution in [1.82, 2.24) is 0 Å². The fraction of sp³-hybridized carbons (Fsp3) is 0.429. The number of aliphatic imine (C=N–C) groups is 1. The lowest BCUT2D eigenvalue weighted by atomic mass is 10.0.